The van der Waals surface area contributed by atoms with E-state index in [1.807, 2.05) is 37.7 Å². The molecule has 0 aliphatic rings. The summed E-state index contributed by atoms with van der Waals surface area (Å²) >= 11 is 0. The molecular formula is C9H13N3. The van der Waals surface area contributed by atoms with E-state index in [1.165, 1.54) is 0 Å². The van der Waals surface area contributed by atoms with Gasteiger partial charge in [0.05, 0.1) is 5.69 Å². The van der Waals surface area contributed by atoms with E-state index in [1.54, 1.807) is 12.5 Å². The number of rotatable bonds is 0. The van der Waals surface area contributed by atoms with Crippen LogP contribution in [0, 0.1) is 13.8 Å². The minimum Gasteiger partial charge on any atom is -0.353 e. The van der Waals surface area contributed by atoms with Crippen LogP contribution in [0.5, 0.6) is 0 Å². The molecule has 0 unspecified atom stereocenters. The fraction of sp³-hybridized carbons (Fsp3) is 0.333. The summed E-state index contributed by atoms with van der Waals surface area (Å²) in [5, 5.41) is 0. The monoisotopic (exact) mass is 163 g/mol. The summed E-state index contributed by atoms with van der Waals surface area (Å²) in [7, 11) is 1.99. The molecule has 0 aliphatic heterocycles. The quantitative estimate of drug-likeness (QED) is 0.581. The number of aryl methyl sites for hydroxylation is 2. The average molecular weight is 163 g/mol. The Kier molecular flexibility index (Phi) is 2.80. The van der Waals surface area contributed by atoms with Gasteiger partial charge in [-0.25, -0.2) is 9.97 Å². The molecule has 3 nitrogen and oxygen atoms in total. The Labute approximate surface area is 72.4 Å². The molecule has 0 N–H and O–H groups in total. The SMILES string of the molecule is Cc1ncncccn(C)c1C. The van der Waals surface area contributed by atoms with Crippen molar-refractivity contribution in [1.29, 1.82) is 0 Å². The first kappa shape index (κ1) is 8.71. The summed E-state index contributed by atoms with van der Waals surface area (Å²) in [5.74, 6) is 0. The van der Waals surface area contributed by atoms with Crippen molar-refractivity contribution in [3.63, 3.8) is 0 Å². The molecule has 1 heterocycles. The van der Waals surface area contributed by atoms with Gasteiger partial charge in [0, 0.05) is 25.1 Å². The van der Waals surface area contributed by atoms with E-state index >= 15 is 0 Å². The van der Waals surface area contributed by atoms with Gasteiger partial charge in [-0.05, 0) is 19.9 Å². The Bertz CT molecular complexity index is 284. The van der Waals surface area contributed by atoms with Crippen LogP contribution in [0.3, 0.4) is 0 Å². The van der Waals surface area contributed by atoms with Crippen LogP contribution in [-0.4, -0.2) is 14.5 Å². The fourth-order valence-electron chi connectivity index (χ4n) is 0.836. The van der Waals surface area contributed by atoms with Crippen molar-refractivity contribution in [1.82, 2.24) is 14.5 Å². The summed E-state index contributed by atoms with van der Waals surface area (Å²) < 4.78 is 2.02. The molecule has 0 aromatic carbocycles. The third-order valence-corrected chi connectivity index (χ3v) is 1.85. The van der Waals surface area contributed by atoms with Gasteiger partial charge >= 0.3 is 0 Å². The Morgan fingerprint density at radius 1 is 1.33 bits per heavy atom. The lowest BCUT2D eigenvalue weighted by atomic mass is 10.4. The summed E-state index contributed by atoms with van der Waals surface area (Å²) in [5.41, 5.74) is 2.12. The molecule has 0 fully saturated rings. The highest BCUT2D eigenvalue weighted by Gasteiger charge is 1.89. The zero-order chi connectivity index (χ0) is 8.97. The van der Waals surface area contributed by atoms with Gasteiger partial charge in [-0.1, -0.05) is 0 Å². The number of hydrogen-bond donors (Lipinski definition) is 0. The van der Waals surface area contributed by atoms with Gasteiger partial charge in [0.25, 0.3) is 0 Å². The zero-order valence-corrected chi connectivity index (χ0v) is 7.65. The van der Waals surface area contributed by atoms with Crippen LogP contribution >= 0.6 is 0 Å². The van der Waals surface area contributed by atoms with Gasteiger partial charge in [0.1, 0.15) is 6.33 Å². The molecule has 64 valence electrons. The van der Waals surface area contributed by atoms with Crippen molar-refractivity contribution in [2.24, 2.45) is 7.05 Å². The first-order valence-electron chi connectivity index (χ1n) is 3.84. The summed E-state index contributed by atoms with van der Waals surface area (Å²) in [4.78, 5) is 8.10. The smallest absolute Gasteiger partial charge is 0.115 e. The van der Waals surface area contributed by atoms with Gasteiger partial charge in [-0.15, -0.1) is 0 Å². The minimum atomic E-state index is 0.987. The van der Waals surface area contributed by atoms with Crippen LogP contribution in [0.25, 0.3) is 0 Å². The van der Waals surface area contributed by atoms with E-state index in [9.17, 15) is 0 Å². The second kappa shape index (κ2) is 3.85. The van der Waals surface area contributed by atoms with E-state index in [4.69, 9.17) is 0 Å². The molecule has 0 saturated heterocycles. The maximum absolute atomic E-state index is 4.15. The van der Waals surface area contributed by atoms with Gasteiger partial charge in [0.2, 0.25) is 0 Å². The lowest BCUT2D eigenvalue weighted by molar-refractivity contribution is 0.843. The number of hydrogen-bond acceptors (Lipinski definition) is 2. The van der Waals surface area contributed by atoms with E-state index in [0.717, 1.165) is 11.4 Å². The van der Waals surface area contributed by atoms with E-state index in [-0.39, 0.29) is 0 Å². The van der Waals surface area contributed by atoms with Crippen molar-refractivity contribution >= 4 is 0 Å². The van der Waals surface area contributed by atoms with Gasteiger partial charge in [-0.2, -0.15) is 0 Å². The van der Waals surface area contributed by atoms with Crippen molar-refractivity contribution in [2.75, 3.05) is 0 Å². The predicted octanol–water partition coefficient (Wildman–Crippen LogP) is 1.56. The normalized spacial score (nSPS) is 9.25. The lowest BCUT2D eigenvalue weighted by Crippen LogP contribution is -1.95. The second-order valence-electron chi connectivity index (χ2n) is 2.67. The van der Waals surface area contributed by atoms with Gasteiger partial charge in [-0.3, -0.25) is 0 Å². The van der Waals surface area contributed by atoms with Crippen molar-refractivity contribution in [3.05, 3.63) is 36.2 Å². The highest BCUT2D eigenvalue weighted by Crippen LogP contribution is 1.96. The first-order chi connectivity index (χ1) is 5.72. The van der Waals surface area contributed by atoms with E-state index in [2.05, 4.69) is 9.97 Å². The Morgan fingerprint density at radius 3 is 2.83 bits per heavy atom. The molecule has 0 spiro atoms. The van der Waals surface area contributed by atoms with Crippen LogP contribution in [-0.2, 0) is 7.05 Å². The largest absolute Gasteiger partial charge is 0.353 e. The molecule has 3 heteroatoms. The molecule has 1 aromatic heterocycles. The number of aromatic nitrogens is 3. The molecule has 12 heavy (non-hydrogen) atoms. The molecule has 0 atom stereocenters. The molecule has 0 bridgehead atoms. The molecule has 0 aliphatic carbocycles. The highest BCUT2D eigenvalue weighted by atomic mass is 14.9. The minimum absolute atomic E-state index is 0.987. The molecule has 0 saturated carbocycles. The summed E-state index contributed by atoms with van der Waals surface area (Å²) in [6.45, 7) is 4.00. The maximum Gasteiger partial charge on any atom is 0.115 e. The van der Waals surface area contributed by atoms with Gasteiger partial charge < -0.3 is 4.57 Å². The van der Waals surface area contributed by atoms with Crippen molar-refractivity contribution in [2.45, 2.75) is 13.8 Å². The highest BCUT2D eigenvalue weighted by molar-refractivity contribution is 5.04. The fourth-order valence-corrected chi connectivity index (χ4v) is 0.836. The zero-order valence-electron chi connectivity index (χ0n) is 7.65. The second-order valence-corrected chi connectivity index (χ2v) is 2.67. The van der Waals surface area contributed by atoms with Crippen molar-refractivity contribution < 1.29 is 0 Å². The Hall–Kier alpha value is -1.38. The van der Waals surface area contributed by atoms with Crippen LogP contribution in [0.15, 0.2) is 24.8 Å². The standard InChI is InChI=1S/C9H13N3/c1-8-9(2)12(3)6-4-5-10-7-11-8/h4-7H,1-3H3. The molecule has 0 radical (unpaired) electrons. The summed E-state index contributed by atoms with van der Waals surface area (Å²) in [6, 6.07) is 1.88. The van der Waals surface area contributed by atoms with Crippen LogP contribution < -0.4 is 0 Å². The molecule has 1 aromatic rings. The third-order valence-electron chi connectivity index (χ3n) is 1.85. The Balaban J connectivity index is 3.42. The third kappa shape index (κ3) is 2.05. The molecular weight excluding hydrogens is 150 g/mol. The topological polar surface area (TPSA) is 30.7 Å². The van der Waals surface area contributed by atoms with Gasteiger partial charge in [0.15, 0.2) is 0 Å². The van der Waals surface area contributed by atoms with E-state index < -0.39 is 0 Å². The maximum atomic E-state index is 4.15. The molecule has 1 rings (SSSR count). The van der Waals surface area contributed by atoms with Crippen LogP contribution in [0.2, 0.25) is 0 Å². The lowest BCUT2D eigenvalue weighted by Gasteiger charge is -2.00. The van der Waals surface area contributed by atoms with Crippen molar-refractivity contribution in [3.8, 4) is 0 Å². The Morgan fingerprint density at radius 2 is 2.08 bits per heavy atom. The van der Waals surface area contributed by atoms with Crippen LogP contribution in [0.4, 0.5) is 0 Å². The predicted molar refractivity (Wildman–Crippen MR) is 48.1 cm³/mol. The molecule has 0 amide bonds. The summed E-state index contributed by atoms with van der Waals surface area (Å²) in [6.07, 6.45) is 5.23. The van der Waals surface area contributed by atoms with E-state index in [0.29, 0.717) is 0 Å². The first-order valence-corrected chi connectivity index (χ1v) is 3.84. The van der Waals surface area contributed by atoms with Crippen LogP contribution in [0.1, 0.15) is 11.4 Å². The average Bonchev–Trinajstić information content (AvgIpc) is 2.12. The number of nitrogens with zero attached hydrogens (tertiary/aromatic N) is 3.